The third kappa shape index (κ3) is 4.25. The summed E-state index contributed by atoms with van der Waals surface area (Å²) < 4.78 is 17.2. The van der Waals surface area contributed by atoms with Crippen LogP contribution in [0.3, 0.4) is 0 Å². The highest BCUT2D eigenvalue weighted by atomic mass is 19.1. The van der Waals surface area contributed by atoms with E-state index in [4.69, 9.17) is 0 Å². The minimum absolute atomic E-state index is 0.0275. The van der Waals surface area contributed by atoms with E-state index in [2.05, 4.69) is 10.3 Å². The third-order valence-electron chi connectivity index (χ3n) is 9.11. The first-order chi connectivity index (χ1) is 18.9. The molecule has 1 amide bonds. The van der Waals surface area contributed by atoms with Gasteiger partial charge >= 0.3 is 0 Å². The number of hydrogen-bond donors (Lipinski definition) is 2. The van der Waals surface area contributed by atoms with E-state index in [1.807, 2.05) is 34.9 Å². The summed E-state index contributed by atoms with van der Waals surface area (Å²) in [5.74, 6) is 0.314. The molecule has 2 aromatic heterocycles. The lowest BCUT2D eigenvalue weighted by molar-refractivity contribution is -0.136. The van der Waals surface area contributed by atoms with Crippen LogP contribution in [0.4, 0.5) is 4.39 Å². The Balaban J connectivity index is 1.15. The summed E-state index contributed by atoms with van der Waals surface area (Å²) in [6.07, 6.45) is 7.91. The fourth-order valence-corrected chi connectivity index (χ4v) is 7.61. The smallest absolute Gasteiger partial charge is 0.251 e. The molecular weight excluding hydrogens is 493 g/mol. The molecule has 2 N–H and O–H groups in total. The molecule has 4 aromatic rings. The summed E-state index contributed by atoms with van der Waals surface area (Å²) in [4.78, 5) is 30.9. The Hall–Kier alpha value is -3.84. The predicted molar refractivity (Wildman–Crippen MR) is 146 cm³/mol. The number of nitrogens with one attached hydrogen (secondary N) is 1. The largest absolute Gasteiger partial charge is 0.390 e. The zero-order valence-electron chi connectivity index (χ0n) is 21.5. The van der Waals surface area contributed by atoms with Crippen LogP contribution >= 0.6 is 0 Å². The van der Waals surface area contributed by atoms with Crippen molar-refractivity contribution in [3.63, 3.8) is 0 Å². The second-order valence-corrected chi connectivity index (χ2v) is 11.7. The molecule has 4 bridgehead atoms. The van der Waals surface area contributed by atoms with Gasteiger partial charge in [-0.15, -0.1) is 0 Å². The first-order valence-electron chi connectivity index (χ1n) is 13.7. The van der Waals surface area contributed by atoms with E-state index in [9.17, 15) is 14.7 Å². The number of halogens is 1. The second kappa shape index (κ2) is 9.12. The van der Waals surface area contributed by atoms with Gasteiger partial charge < -0.3 is 15.0 Å². The minimum Gasteiger partial charge on any atom is -0.390 e. The van der Waals surface area contributed by atoms with Crippen LogP contribution in [0, 0.1) is 23.6 Å². The van der Waals surface area contributed by atoms with Crippen molar-refractivity contribution >= 4 is 16.9 Å². The van der Waals surface area contributed by atoms with E-state index in [-0.39, 0.29) is 41.2 Å². The van der Waals surface area contributed by atoms with Crippen LogP contribution in [-0.2, 0) is 6.42 Å². The number of para-hydroxylation sites is 1. The molecule has 5 atom stereocenters. The van der Waals surface area contributed by atoms with Gasteiger partial charge in [-0.1, -0.05) is 24.3 Å². The van der Waals surface area contributed by atoms with Gasteiger partial charge in [-0.25, -0.2) is 9.37 Å². The molecule has 7 heteroatoms. The Labute approximate surface area is 225 Å². The summed E-state index contributed by atoms with van der Waals surface area (Å²) in [6, 6.07) is 17.6. The van der Waals surface area contributed by atoms with Crippen molar-refractivity contribution < 1.29 is 14.3 Å². The Morgan fingerprint density at radius 2 is 1.79 bits per heavy atom. The molecule has 6 nitrogen and oxygen atoms in total. The first kappa shape index (κ1) is 24.2. The van der Waals surface area contributed by atoms with Crippen molar-refractivity contribution in [1.82, 2.24) is 14.9 Å². The summed E-state index contributed by atoms with van der Waals surface area (Å²) in [5, 5.41) is 14.5. The lowest BCUT2D eigenvalue weighted by Gasteiger charge is -2.58. The maximum atomic E-state index is 15.3. The fourth-order valence-electron chi connectivity index (χ4n) is 7.61. The van der Waals surface area contributed by atoms with Gasteiger partial charge in [0.1, 0.15) is 11.5 Å². The SMILES string of the molecule is O=C(NC1[C@@H]2CC3C[C@H]1CC(O)(C3)C2)c1ccc(Cc2cn(-c3ccccc3)c3ncccc3c2=O)c(F)c1. The maximum absolute atomic E-state index is 15.3. The van der Waals surface area contributed by atoms with Gasteiger partial charge in [0, 0.05) is 41.7 Å². The van der Waals surface area contributed by atoms with Gasteiger partial charge in [-0.05, 0) is 91.8 Å². The van der Waals surface area contributed by atoms with Gasteiger partial charge in [0.2, 0.25) is 0 Å². The molecule has 2 heterocycles. The van der Waals surface area contributed by atoms with Crippen LogP contribution < -0.4 is 10.7 Å². The standard InChI is InChI=1S/C32H30FN3O3/c33-27-14-21(31(38)35-28-22-11-19-12-23(28)17-32(39,15-19)16-22)9-8-20(27)13-24-18-36(25-5-2-1-3-6-25)30-26(29(24)37)7-4-10-34-30/h1-10,14,18-19,22-23,28,39H,11-13,15-17H2,(H,35,38)/t19?,22-,23+,28?,32?. The Kier molecular flexibility index (Phi) is 5.67. The number of aromatic nitrogens is 2. The molecule has 0 saturated heterocycles. The average Bonchev–Trinajstić information content (AvgIpc) is 2.92. The van der Waals surface area contributed by atoms with E-state index in [0.29, 0.717) is 28.1 Å². The molecule has 4 saturated carbocycles. The van der Waals surface area contributed by atoms with Gasteiger partial charge in [0.15, 0.2) is 5.43 Å². The summed E-state index contributed by atoms with van der Waals surface area (Å²) in [7, 11) is 0. The number of aliphatic hydroxyl groups is 1. The van der Waals surface area contributed by atoms with Crippen molar-refractivity contribution in [3.8, 4) is 5.69 Å². The highest BCUT2D eigenvalue weighted by molar-refractivity contribution is 5.94. The lowest BCUT2D eigenvalue weighted by atomic mass is 9.52. The van der Waals surface area contributed by atoms with E-state index in [1.54, 1.807) is 36.7 Å². The molecule has 198 valence electrons. The number of amides is 1. The van der Waals surface area contributed by atoms with E-state index in [0.717, 1.165) is 37.8 Å². The molecule has 0 spiro atoms. The van der Waals surface area contributed by atoms with Crippen molar-refractivity contribution in [2.24, 2.45) is 17.8 Å². The minimum atomic E-state index is -0.566. The third-order valence-corrected chi connectivity index (χ3v) is 9.11. The highest BCUT2D eigenvalue weighted by Crippen LogP contribution is 2.55. The van der Waals surface area contributed by atoms with Gasteiger partial charge in [0.05, 0.1) is 11.0 Å². The molecule has 4 fully saturated rings. The number of fused-ring (bicyclic) bond motifs is 1. The van der Waals surface area contributed by atoms with Crippen LogP contribution in [0.5, 0.6) is 0 Å². The number of rotatable bonds is 5. The quantitative estimate of drug-likeness (QED) is 0.394. The number of pyridine rings is 2. The molecule has 0 aliphatic heterocycles. The Morgan fingerprint density at radius 1 is 1.03 bits per heavy atom. The highest BCUT2D eigenvalue weighted by Gasteiger charge is 2.55. The molecular formula is C32H30FN3O3. The molecule has 0 radical (unpaired) electrons. The number of carbonyl (C=O) groups is 1. The lowest BCUT2D eigenvalue weighted by Crippen LogP contribution is -2.61. The van der Waals surface area contributed by atoms with E-state index in [1.165, 1.54) is 6.07 Å². The average molecular weight is 524 g/mol. The van der Waals surface area contributed by atoms with E-state index < -0.39 is 11.4 Å². The normalized spacial score (nSPS) is 27.1. The van der Waals surface area contributed by atoms with E-state index >= 15 is 4.39 Å². The number of benzene rings is 2. The number of nitrogens with zero attached hydrogens (tertiary/aromatic N) is 2. The van der Waals surface area contributed by atoms with Crippen LogP contribution in [0.1, 0.15) is 53.6 Å². The van der Waals surface area contributed by atoms with Gasteiger partial charge in [0.25, 0.3) is 5.91 Å². The molecule has 4 aliphatic carbocycles. The summed E-state index contributed by atoms with van der Waals surface area (Å²) in [6.45, 7) is 0. The van der Waals surface area contributed by atoms with Crippen molar-refractivity contribution in [1.29, 1.82) is 0 Å². The predicted octanol–water partition coefficient (Wildman–Crippen LogP) is 4.79. The molecule has 3 unspecified atom stereocenters. The zero-order chi connectivity index (χ0) is 26.7. The topological polar surface area (TPSA) is 84.2 Å². The van der Waals surface area contributed by atoms with Crippen molar-refractivity contribution in [2.45, 2.75) is 50.2 Å². The Bertz CT molecular complexity index is 1630. The molecule has 39 heavy (non-hydrogen) atoms. The van der Waals surface area contributed by atoms with Crippen LogP contribution in [0.2, 0.25) is 0 Å². The maximum Gasteiger partial charge on any atom is 0.251 e. The van der Waals surface area contributed by atoms with Crippen LogP contribution in [-0.4, -0.2) is 32.2 Å². The molecule has 2 aromatic carbocycles. The summed E-state index contributed by atoms with van der Waals surface area (Å²) >= 11 is 0. The van der Waals surface area contributed by atoms with Crippen LogP contribution in [0.15, 0.2) is 77.9 Å². The molecule has 4 aliphatic rings. The van der Waals surface area contributed by atoms with Gasteiger partial charge in [-0.3, -0.25) is 9.59 Å². The second-order valence-electron chi connectivity index (χ2n) is 11.7. The molecule has 8 rings (SSSR count). The fraction of sp³-hybridized carbons (Fsp3) is 0.344. The van der Waals surface area contributed by atoms with Gasteiger partial charge in [-0.2, -0.15) is 0 Å². The Morgan fingerprint density at radius 3 is 2.51 bits per heavy atom. The zero-order valence-corrected chi connectivity index (χ0v) is 21.5. The van der Waals surface area contributed by atoms with Crippen molar-refractivity contribution in [2.75, 3.05) is 0 Å². The monoisotopic (exact) mass is 523 g/mol. The first-order valence-corrected chi connectivity index (χ1v) is 13.7. The van der Waals surface area contributed by atoms with Crippen molar-refractivity contribution in [3.05, 3.63) is 106 Å². The van der Waals surface area contributed by atoms with Crippen LogP contribution in [0.25, 0.3) is 16.7 Å². The number of hydrogen-bond acceptors (Lipinski definition) is 4. The number of carbonyl (C=O) groups excluding carboxylic acids is 1. The summed E-state index contributed by atoms with van der Waals surface area (Å²) in [5.41, 5.74) is 1.71.